The van der Waals surface area contributed by atoms with Gasteiger partial charge in [0.1, 0.15) is 16.1 Å². The Bertz CT molecular complexity index is 1190. The highest BCUT2D eigenvalue weighted by Crippen LogP contribution is 2.44. The quantitative estimate of drug-likeness (QED) is 0.444. The molecular formula is C24H26S2Si2. The van der Waals surface area contributed by atoms with Crippen molar-refractivity contribution >= 4 is 70.5 Å². The summed E-state index contributed by atoms with van der Waals surface area (Å²) in [6.07, 6.45) is 1.15. The third-order valence-electron chi connectivity index (χ3n) is 6.87. The van der Waals surface area contributed by atoms with Gasteiger partial charge in [-0.25, -0.2) is 0 Å². The molecular weight excluding hydrogens is 409 g/mol. The molecule has 0 amide bonds. The summed E-state index contributed by atoms with van der Waals surface area (Å²) < 4.78 is 0. The van der Waals surface area contributed by atoms with Crippen molar-refractivity contribution in [1.82, 2.24) is 0 Å². The number of allylic oxidation sites excluding steroid dienone is 1. The average molecular weight is 435 g/mol. The van der Waals surface area contributed by atoms with Gasteiger partial charge in [0.05, 0.1) is 0 Å². The Hall–Kier alpha value is -1.34. The minimum atomic E-state index is -1.60. The number of thioether (sulfide) groups is 1. The Morgan fingerprint density at radius 1 is 0.929 bits per heavy atom. The van der Waals surface area contributed by atoms with Gasteiger partial charge in [0, 0.05) is 9.78 Å². The average Bonchev–Trinajstić information content (AvgIpc) is 3.27. The summed E-state index contributed by atoms with van der Waals surface area (Å²) in [7, 11) is -3.17. The molecule has 5 rings (SSSR count). The summed E-state index contributed by atoms with van der Waals surface area (Å²) >= 11 is 3.75. The van der Waals surface area contributed by atoms with Gasteiger partial charge >= 0.3 is 0 Å². The van der Waals surface area contributed by atoms with Crippen LogP contribution in [0.25, 0.3) is 26.1 Å². The molecule has 0 bridgehead atoms. The van der Waals surface area contributed by atoms with E-state index in [9.17, 15) is 0 Å². The lowest BCUT2D eigenvalue weighted by Crippen LogP contribution is -2.48. The van der Waals surface area contributed by atoms with Crippen LogP contribution in [0.4, 0.5) is 0 Å². The third kappa shape index (κ3) is 2.29. The van der Waals surface area contributed by atoms with Crippen molar-refractivity contribution in [2.75, 3.05) is 0 Å². The van der Waals surface area contributed by atoms with Gasteiger partial charge in [0.2, 0.25) is 0 Å². The molecule has 0 saturated heterocycles. The maximum Gasteiger partial charge on any atom is 0.114 e. The molecule has 28 heavy (non-hydrogen) atoms. The second kappa shape index (κ2) is 6.08. The maximum atomic E-state index is 4.01. The molecule has 3 aromatic rings. The number of hydrogen-bond donors (Lipinski definition) is 0. The van der Waals surface area contributed by atoms with Crippen LogP contribution in [-0.4, -0.2) is 16.1 Å². The molecule has 0 nitrogen and oxygen atoms in total. The van der Waals surface area contributed by atoms with E-state index in [0.717, 1.165) is 6.42 Å². The summed E-state index contributed by atoms with van der Waals surface area (Å²) in [5.74, 6) is 0. The molecule has 1 aromatic heterocycles. The summed E-state index contributed by atoms with van der Waals surface area (Å²) in [6.45, 7) is 16.4. The second-order valence-electron chi connectivity index (χ2n) is 9.00. The summed E-state index contributed by atoms with van der Waals surface area (Å²) in [4.78, 5) is 3.02. The number of rotatable bonds is 3. The SMILES string of the molecule is C=CSC1=C(CC)[Si](C)(C)c2cc3cc4c(cc3cc21)[Si](C)(C)c1ccsc1-4. The Balaban J connectivity index is 1.80. The topological polar surface area (TPSA) is 0 Å². The van der Waals surface area contributed by atoms with E-state index in [0.29, 0.717) is 0 Å². The minimum Gasteiger partial charge on any atom is -0.144 e. The predicted molar refractivity (Wildman–Crippen MR) is 136 cm³/mol. The van der Waals surface area contributed by atoms with Crippen LogP contribution < -0.4 is 15.6 Å². The number of thiophene rings is 1. The van der Waals surface area contributed by atoms with Crippen LogP contribution in [0.15, 0.2) is 52.9 Å². The first-order valence-corrected chi connectivity index (χ1v) is 17.8. The van der Waals surface area contributed by atoms with Crippen molar-refractivity contribution in [2.24, 2.45) is 0 Å². The van der Waals surface area contributed by atoms with E-state index in [4.69, 9.17) is 0 Å². The standard InChI is InChI=1S/C24H26S2Si2/c1-7-19-23(25-8-2)17-11-15-14-22-18(12-16(15)13-21(17)27(19,3)4)24-20(9-10-26-24)28(22,5)6/h8-14H,2,7H2,1,3-6H3. The fourth-order valence-corrected chi connectivity index (χ4v) is 15.3. The lowest BCUT2D eigenvalue weighted by molar-refractivity contribution is 1.19. The lowest BCUT2D eigenvalue weighted by Gasteiger charge is -2.22. The van der Waals surface area contributed by atoms with Gasteiger partial charge in [-0.2, -0.15) is 0 Å². The first kappa shape index (κ1) is 18.7. The number of fused-ring (bicyclic) bond motifs is 5. The van der Waals surface area contributed by atoms with Gasteiger partial charge in [0.25, 0.3) is 0 Å². The van der Waals surface area contributed by atoms with E-state index in [-0.39, 0.29) is 0 Å². The molecule has 0 spiro atoms. The fourth-order valence-electron chi connectivity index (χ4n) is 5.34. The normalized spacial score (nSPS) is 18.3. The molecule has 0 fully saturated rings. The van der Waals surface area contributed by atoms with Crippen molar-refractivity contribution in [3.63, 3.8) is 0 Å². The Labute approximate surface area is 178 Å². The van der Waals surface area contributed by atoms with Crippen molar-refractivity contribution in [3.05, 3.63) is 58.5 Å². The molecule has 0 unspecified atom stereocenters. The van der Waals surface area contributed by atoms with Crippen LogP contribution in [0.3, 0.4) is 0 Å². The molecule has 0 radical (unpaired) electrons. The zero-order chi connectivity index (χ0) is 19.8. The molecule has 2 aromatic carbocycles. The molecule has 0 saturated carbocycles. The Morgan fingerprint density at radius 3 is 2.21 bits per heavy atom. The molecule has 3 heterocycles. The van der Waals surface area contributed by atoms with Crippen LogP contribution in [0.5, 0.6) is 0 Å². The molecule has 0 aliphatic carbocycles. The monoisotopic (exact) mass is 434 g/mol. The third-order valence-corrected chi connectivity index (χ3v) is 16.4. The highest BCUT2D eigenvalue weighted by molar-refractivity contribution is 8.11. The van der Waals surface area contributed by atoms with Crippen LogP contribution in [0, 0.1) is 0 Å². The van der Waals surface area contributed by atoms with Gasteiger partial charge < -0.3 is 0 Å². The van der Waals surface area contributed by atoms with Crippen LogP contribution in [-0.2, 0) is 0 Å². The zero-order valence-electron chi connectivity index (χ0n) is 17.3. The minimum absolute atomic E-state index is 1.15. The first-order valence-electron chi connectivity index (χ1n) is 10.0. The van der Waals surface area contributed by atoms with Gasteiger partial charge in [0.15, 0.2) is 0 Å². The zero-order valence-corrected chi connectivity index (χ0v) is 20.9. The second-order valence-corrected chi connectivity index (χ2v) is 19.6. The van der Waals surface area contributed by atoms with E-state index in [1.165, 1.54) is 31.7 Å². The first-order chi connectivity index (χ1) is 13.3. The fraction of sp³-hybridized carbons (Fsp3) is 0.250. The van der Waals surface area contributed by atoms with Crippen molar-refractivity contribution in [1.29, 1.82) is 0 Å². The largest absolute Gasteiger partial charge is 0.144 e. The van der Waals surface area contributed by atoms with Crippen LogP contribution in [0.1, 0.15) is 18.9 Å². The van der Waals surface area contributed by atoms with E-state index in [1.807, 2.05) is 28.5 Å². The van der Waals surface area contributed by atoms with Gasteiger partial charge in [-0.15, -0.1) is 11.3 Å². The summed E-state index contributed by atoms with van der Waals surface area (Å²) in [6, 6.07) is 12.4. The number of benzene rings is 2. The van der Waals surface area contributed by atoms with Crippen molar-refractivity contribution in [3.8, 4) is 10.4 Å². The summed E-state index contributed by atoms with van der Waals surface area (Å²) in [5.41, 5.74) is 2.99. The van der Waals surface area contributed by atoms with Crippen LogP contribution in [0.2, 0.25) is 26.2 Å². The molecule has 4 heteroatoms. The summed E-state index contributed by atoms with van der Waals surface area (Å²) in [5, 5.41) is 13.7. The van der Waals surface area contributed by atoms with E-state index in [2.05, 4.69) is 75.4 Å². The van der Waals surface area contributed by atoms with Gasteiger partial charge in [-0.1, -0.05) is 74.8 Å². The van der Waals surface area contributed by atoms with Gasteiger partial charge in [-0.05, 0) is 66.8 Å². The molecule has 2 aliphatic heterocycles. The Morgan fingerprint density at radius 2 is 1.57 bits per heavy atom. The van der Waals surface area contributed by atoms with E-state index < -0.39 is 16.1 Å². The molecule has 2 aliphatic rings. The van der Waals surface area contributed by atoms with E-state index in [1.54, 1.807) is 20.8 Å². The lowest BCUT2D eigenvalue weighted by atomic mass is 10.0. The highest BCUT2D eigenvalue weighted by atomic mass is 32.2. The molecule has 0 atom stereocenters. The maximum absolute atomic E-state index is 4.01. The van der Waals surface area contributed by atoms with Crippen molar-refractivity contribution < 1.29 is 0 Å². The van der Waals surface area contributed by atoms with E-state index >= 15 is 0 Å². The van der Waals surface area contributed by atoms with Gasteiger partial charge in [-0.3, -0.25) is 0 Å². The number of hydrogen-bond acceptors (Lipinski definition) is 2. The smallest absolute Gasteiger partial charge is 0.114 e. The van der Waals surface area contributed by atoms with Crippen LogP contribution >= 0.6 is 23.1 Å². The molecule has 0 N–H and O–H groups in total. The molecule has 142 valence electrons. The predicted octanol–water partition coefficient (Wildman–Crippen LogP) is 6.17. The Kier molecular flexibility index (Phi) is 4.06. The highest BCUT2D eigenvalue weighted by Gasteiger charge is 2.41. The van der Waals surface area contributed by atoms with Crippen molar-refractivity contribution in [2.45, 2.75) is 39.5 Å².